The Balaban J connectivity index is 4.38. The van der Waals surface area contributed by atoms with Gasteiger partial charge in [-0.3, -0.25) is 19.3 Å². The first-order chi connectivity index (χ1) is 10.7. The van der Waals surface area contributed by atoms with Crippen LogP contribution in [0.25, 0.3) is 0 Å². The summed E-state index contributed by atoms with van der Waals surface area (Å²) in [5.41, 5.74) is 9.68. The first-order valence-electron chi connectivity index (χ1n) is 7.33. The van der Waals surface area contributed by atoms with Gasteiger partial charge in [-0.1, -0.05) is 0 Å². The lowest BCUT2D eigenvalue weighted by Gasteiger charge is -2.24. The van der Waals surface area contributed by atoms with Gasteiger partial charge in [-0.05, 0) is 20.8 Å². The highest BCUT2D eigenvalue weighted by molar-refractivity contribution is 5.72. The number of hydrogen-bond donors (Lipinski definition) is 2. The summed E-state index contributed by atoms with van der Waals surface area (Å²) in [6.45, 7) is 5.57. The lowest BCUT2D eigenvalue weighted by atomic mass is 10.2. The molecule has 0 radical (unpaired) electrons. The van der Waals surface area contributed by atoms with Crippen LogP contribution in [-0.4, -0.2) is 74.3 Å². The molecule has 4 N–H and O–H groups in total. The van der Waals surface area contributed by atoms with Crippen LogP contribution >= 0.6 is 0 Å². The van der Waals surface area contributed by atoms with Crippen molar-refractivity contribution in [3.63, 3.8) is 0 Å². The predicted octanol–water partition coefficient (Wildman–Crippen LogP) is -1.37. The fourth-order valence-electron chi connectivity index (χ4n) is 1.52. The standard InChI is InChI=1S/C14H27N3O6/c1-14(2,3)23-13(20)10-17(4-6-21-11(18)8-15)5-7-22-12(19)9-16/h4-10,15-16H2,1-3H3. The second-order valence-electron chi connectivity index (χ2n) is 5.71. The van der Waals surface area contributed by atoms with Crippen LogP contribution in [0.2, 0.25) is 0 Å². The van der Waals surface area contributed by atoms with Gasteiger partial charge in [0.1, 0.15) is 18.8 Å². The van der Waals surface area contributed by atoms with Gasteiger partial charge in [-0.2, -0.15) is 0 Å². The molecule has 0 aromatic heterocycles. The Morgan fingerprint density at radius 3 is 1.65 bits per heavy atom. The number of carbonyl (C=O) groups excluding carboxylic acids is 3. The van der Waals surface area contributed by atoms with E-state index >= 15 is 0 Å². The number of ether oxygens (including phenoxy) is 3. The average molecular weight is 333 g/mol. The fourth-order valence-corrected chi connectivity index (χ4v) is 1.52. The van der Waals surface area contributed by atoms with Crippen LogP contribution in [0.5, 0.6) is 0 Å². The smallest absolute Gasteiger partial charge is 0.320 e. The molecule has 0 aromatic rings. The van der Waals surface area contributed by atoms with E-state index in [0.717, 1.165) is 0 Å². The predicted molar refractivity (Wildman–Crippen MR) is 82.3 cm³/mol. The van der Waals surface area contributed by atoms with Crippen molar-refractivity contribution in [1.82, 2.24) is 4.90 Å². The van der Waals surface area contributed by atoms with Crippen molar-refractivity contribution in [2.75, 3.05) is 45.9 Å². The maximum atomic E-state index is 11.9. The van der Waals surface area contributed by atoms with E-state index in [-0.39, 0.29) is 45.9 Å². The van der Waals surface area contributed by atoms with Gasteiger partial charge in [0.2, 0.25) is 0 Å². The van der Waals surface area contributed by atoms with E-state index in [1.165, 1.54) is 0 Å². The van der Waals surface area contributed by atoms with Gasteiger partial charge in [0, 0.05) is 13.1 Å². The molecule has 0 spiro atoms. The van der Waals surface area contributed by atoms with E-state index in [1.807, 2.05) is 0 Å². The van der Waals surface area contributed by atoms with Crippen molar-refractivity contribution in [3.05, 3.63) is 0 Å². The number of carbonyl (C=O) groups is 3. The topological polar surface area (TPSA) is 134 Å². The monoisotopic (exact) mass is 333 g/mol. The molecule has 0 saturated carbocycles. The fraction of sp³-hybridized carbons (Fsp3) is 0.786. The summed E-state index contributed by atoms with van der Waals surface area (Å²) in [6.07, 6.45) is 0. The Morgan fingerprint density at radius 1 is 0.870 bits per heavy atom. The second kappa shape index (κ2) is 10.9. The highest BCUT2D eigenvalue weighted by atomic mass is 16.6. The lowest BCUT2D eigenvalue weighted by Crippen LogP contribution is -2.39. The number of esters is 3. The largest absolute Gasteiger partial charge is 0.463 e. The first kappa shape index (κ1) is 21.3. The Hall–Kier alpha value is -1.71. The molecule has 0 rings (SSSR count). The van der Waals surface area contributed by atoms with Crippen molar-refractivity contribution in [3.8, 4) is 0 Å². The first-order valence-corrected chi connectivity index (χ1v) is 7.33. The van der Waals surface area contributed by atoms with Gasteiger partial charge >= 0.3 is 17.9 Å². The Morgan fingerprint density at radius 2 is 1.30 bits per heavy atom. The third-order valence-electron chi connectivity index (χ3n) is 2.45. The van der Waals surface area contributed by atoms with E-state index in [1.54, 1.807) is 25.7 Å². The average Bonchev–Trinajstić information content (AvgIpc) is 2.44. The van der Waals surface area contributed by atoms with Gasteiger partial charge < -0.3 is 25.7 Å². The molecule has 0 fully saturated rings. The lowest BCUT2D eigenvalue weighted by molar-refractivity contribution is -0.156. The van der Waals surface area contributed by atoms with Crippen LogP contribution < -0.4 is 11.5 Å². The molecular formula is C14H27N3O6. The van der Waals surface area contributed by atoms with Gasteiger partial charge in [-0.25, -0.2) is 0 Å². The van der Waals surface area contributed by atoms with Crippen LogP contribution in [0.4, 0.5) is 0 Å². The Bertz CT molecular complexity index is 372. The second-order valence-corrected chi connectivity index (χ2v) is 5.71. The molecule has 0 aliphatic heterocycles. The Labute approximate surface area is 136 Å². The van der Waals surface area contributed by atoms with Crippen LogP contribution in [0, 0.1) is 0 Å². The molecule has 0 aliphatic rings. The zero-order chi connectivity index (χ0) is 17.9. The quantitative estimate of drug-likeness (QED) is 0.367. The van der Waals surface area contributed by atoms with Crippen molar-refractivity contribution >= 4 is 17.9 Å². The minimum absolute atomic E-state index is 0.0162. The van der Waals surface area contributed by atoms with E-state index < -0.39 is 23.5 Å². The van der Waals surface area contributed by atoms with Gasteiger partial charge in [0.05, 0.1) is 19.6 Å². The van der Waals surface area contributed by atoms with Crippen molar-refractivity contribution in [1.29, 1.82) is 0 Å². The summed E-state index contributed by atoms with van der Waals surface area (Å²) in [5.74, 6) is -1.48. The van der Waals surface area contributed by atoms with Crippen LogP contribution in [0.3, 0.4) is 0 Å². The zero-order valence-electron chi connectivity index (χ0n) is 14.0. The number of nitrogens with zero attached hydrogens (tertiary/aromatic N) is 1. The number of rotatable bonds is 10. The van der Waals surface area contributed by atoms with Crippen LogP contribution in [0.15, 0.2) is 0 Å². The molecular weight excluding hydrogens is 306 g/mol. The highest BCUT2D eigenvalue weighted by Gasteiger charge is 2.19. The summed E-state index contributed by atoms with van der Waals surface area (Å²) in [7, 11) is 0. The molecule has 134 valence electrons. The summed E-state index contributed by atoms with van der Waals surface area (Å²) in [5, 5.41) is 0. The molecule has 0 saturated heterocycles. The van der Waals surface area contributed by atoms with Crippen LogP contribution in [-0.2, 0) is 28.6 Å². The molecule has 0 bridgehead atoms. The Kier molecular flexibility index (Phi) is 10.1. The minimum atomic E-state index is -0.596. The SMILES string of the molecule is CC(C)(C)OC(=O)CN(CCOC(=O)CN)CCOC(=O)CN. The van der Waals surface area contributed by atoms with E-state index in [2.05, 4.69) is 0 Å². The molecule has 0 aromatic carbocycles. The maximum Gasteiger partial charge on any atom is 0.320 e. The van der Waals surface area contributed by atoms with Gasteiger partial charge in [0.25, 0.3) is 0 Å². The summed E-state index contributed by atoms with van der Waals surface area (Å²) in [6, 6.07) is 0. The third-order valence-corrected chi connectivity index (χ3v) is 2.45. The summed E-state index contributed by atoms with van der Waals surface area (Å²) in [4.78, 5) is 35.5. The minimum Gasteiger partial charge on any atom is -0.463 e. The van der Waals surface area contributed by atoms with Crippen LogP contribution in [0.1, 0.15) is 20.8 Å². The molecule has 9 heteroatoms. The summed E-state index contributed by atoms with van der Waals surface area (Å²) < 4.78 is 15.0. The van der Waals surface area contributed by atoms with E-state index in [4.69, 9.17) is 25.7 Å². The summed E-state index contributed by atoms with van der Waals surface area (Å²) >= 11 is 0. The maximum absolute atomic E-state index is 11.9. The van der Waals surface area contributed by atoms with Gasteiger partial charge in [0.15, 0.2) is 0 Å². The molecule has 0 atom stereocenters. The molecule has 0 aliphatic carbocycles. The third kappa shape index (κ3) is 12.5. The van der Waals surface area contributed by atoms with Gasteiger partial charge in [-0.15, -0.1) is 0 Å². The van der Waals surface area contributed by atoms with E-state index in [0.29, 0.717) is 0 Å². The van der Waals surface area contributed by atoms with Crippen molar-refractivity contribution in [2.24, 2.45) is 11.5 Å². The van der Waals surface area contributed by atoms with Crippen molar-refractivity contribution in [2.45, 2.75) is 26.4 Å². The normalized spacial score (nSPS) is 11.2. The van der Waals surface area contributed by atoms with E-state index in [9.17, 15) is 14.4 Å². The molecule has 23 heavy (non-hydrogen) atoms. The molecule has 0 heterocycles. The van der Waals surface area contributed by atoms with Crippen molar-refractivity contribution < 1.29 is 28.6 Å². The zero-order valence-corrected chi connectivity index (χ0v) is 14.0. The number of hydrogen-bond acceptors (Lipinski definition) is 9. The highest BCUT2D eigenvalue weighted by Crippen LogP contribution is 2.07. The number of nitrogens with two attached hydrogens (primary N) is 2. The molecule has 0 amide bonds. The molecule has 9 nitrogen and oxygen atoms in total. The molecule has 0 unspecified atom stereocenters.